The van der Waals surface area contributed by atoms with Gasteiger partial charge < -0.3 is 47.1 Å². The highest BCUT2D eigenvalue weighted by molar-refractivity contribution is 5.95. The van der Waals surface area contributed by atoms with E-state index in [0.29, 0.717) is 16.7 Å². The maximum atomic E-state index is 13.5. The summed E-state index contributed by atoms with van der Waals surface area (Å²) in [7, 11) is 0. The number of para-hydroxylation sites is 1. The molecule has 4 rings (SSSR count). The monoisotopic (exact) mass is 617 g/mol. The van der Waals surface area contributed by atoms with Crippen molar-refractivity contribution in [2.45, 2.75) is 43.4 Å². The van der Waals surface area contributed by atoms with Crippen LogP contribution in [0.1, 0.15) is 16.7 Å². The van der Waals surface area contributed by atoms with E-state index in [1.807, 2.05) is 24.3 Å². The Balaban J connectivity index is 1.49. The molecule has 10 N–H and O–H groups in total. The second-order valence-electron chi connectivity index (χ2n) is 10.6. The fourth-order valence-corrected chi connectivity index (χ4v) is 4.79. The molecule has 0 bridgehead atoms. The molecule has 0 saturated carbocycles. The van der Waals surface area contributed by atoms with Gasteiger partial charge >= 0.3 is 5.97 Å². The number of aliphatic hydroxyl groups excluding tert-OH is 1. The van der Waals surface area contributed by atoms with Crippen LogP contribution in [0, 0.1) is 0 Å². The number of hydrogen-bond donors (Lipinski definition) is 9. The molecule has 236 valence electrons. The number of aliphatic carboxylic acids is 1. The lowest BCUT2D eigenvalue weighted by molar-refractivity contribution is -0.142. The van der Waals surface area contributed by atoms with Crippen molar-refractivity contribution in [3.05, 3.63) is 95.7 Å². The molecule has 0 spiro atoms. The van der Waals surface area contributed by atoms with Gasteiger partial charge in [-0.05, 0) is 53.4 Å². The highest BCUT2D eigenvalue weighted by atomic mass is 16.4. The molecule has 3 aromatic carbocycles. The molecule has 0 saturated heterocycles. The second kappa shape index (κ2) is 14.9. The number of H-pyrrole nitrogens is 1. The highest BCUT2D eigenvalue weighted by Crippen LogP contribution is 2.20. The maximum absolute atomic E-state index is 13.5. The SMILES string of the molecule is NC(Cc1ccc(O)cc1)C(=O)NC(Cc1c[nH]c2ccccc12)C(=O)NC(CO)C(=O)NC(Cc1ccc(O)cc1)C(=O)O. The van der Waals surface area contributed by atoms with E-state index in [2.05, 4.69) is 20.9 Å². The quantitative estimate of drug-likeness (QED) is 0.0956. The van der Waals surface area contributed by atoms with Gasteiger partial charge in [0, 0.05) is 29.9 Å². The number of aromatic amines is 1. The Morgan fingerprint density at radius 1 is 0.689 bits per heavy atom. The number of carboxylic acid groups (broad SMARTS) is 1. The minimum Gasteiger partial charge on any atom is -0.508 e. The molecule has 4 unspecified atom stereocenters. The molecule has 0 aliphatic rings. The van der Waals surface area contributed by atoms with E-state index >= 15 is 0 Å². The lowest BCUT2D eigenvalue weighted by Crippen LogP contribution is -2.58. The predicted octanol–water partition coefficient (Wildman–Crippen LogP) is 0.466. The van der Waals surface area contributed by atoms with Crippen molar-refractivity contribution in [2.24, 2.45) is 5.73 Å². The maximum Gasteiger partial charge on any atom is 0.326 e. The number of rotatable bonds is 14. The third-order valence-electron chi connectivity index (χ3n) is 7.27. The Kier molecular flexibility index (Phi) is 10.7. The number of carboxylic acids is 1. The van der Waals surface area contributed by atoms with Crippen molar-refractivity contribution >= 4 is 34.6 Å². The molecule has 0 aliphatic heterocycles. The van der Waals surface area contributed by atoms with Gasteiger partial charge in [-0.3, -0.25) is 14.4 Å². The first-order valence-corrected chi connectivity index (χ1v) is 14.1. The molecule has 13 nitrogen and oxygen atoms in total. The average molecular weight is 618 g/mol. The second-order valence-corrected chi connectivity index (χ2v) is 10.6. The highest BCUT2D eigenvalue weighted by Gasteiger charge is 2.31. The zero-order valence-electron chi connectivity index (χ0n) is 24.1. The van der Waals surface area contributed by atoms with E-state index in [1.165, 1.54) is 36.4 Å². The first-order chi connectivity index (χ1) is 21.5. The van der Waals surface area contributed by atoms with Gasteiger partial charge in [0.25, 0.3) is 0 Å². The molecule has 13 heteroatoms. The predicted molar refractivity (Wildman–Crippen MR) is 164 cm³/mol. The summed E-state index contributed by atoms with van der Waals surface area (Å²) >= 11 is 0. The van der Waals surface area contributed by atoms with Crippen molar-refractivity contribution in [1.82, 2.24) is 20.9 Å². The molecule has 0 aliphatic carbocycles. The molecular formula is C32H35N5O8. The van der Waals surface area contributed by atoms with E-state index in [-0.39, 0.29) is 30.8 Å². The number of nitrogens with one attached hydrogen (secondary N) is 4. The Morgan fingerprint density at radius 2 is 1.22 bits per heavy atom. The number of benzene rings is 3. The number of phenolic OH excluding ortho intramolecular Hbond substituents is 2. The number of aromatic nitrogens is 1. The fourth-order valence-electron chi connectivity index (χ4n) is 4.79. The number of hydrogen-bond acceptors (Lipinski definition) is 8. The number of aliphatic hydroxyl groups is 1. The molecule has 4 atom stereocenters. The van der Waals surface area contributed by atoms with E-state index < -0.39 is 54.5 Å². The van der Waals surface area contributed by atoms with Crippen LogP contribution in [0.3, 0.4) is 0 Å². The Morgan fingerprint density at radius 3 is 1.82 bits per heavy atom. The van der Waals surface area contributed by atoms with Crippen LogP contribution in [0.15, 0.2) is 79.0 Å². The van der Waals surface area contributed by atoms with Gasteiger partial charge in [-0.25, -0.2) is 4.79 Å². The molecule has 1 aromatic heterocycles. The topological polar surface area (TPSA) is 227 Å². The Labute approximate surface area is 258 Å². The molecule has 3 amide bonds. The Hall–Kier alpha value is -5.40. The standard InChI is InChI=1S/C32H35N5O8/c33-24(13-18-5-9-21(39)10-6-18)29(41)35-26(15-20-16-34-25-4-2-1-3-23(20)25)30(42)37-28(17-38)31(43)36-27(32(44)45)14-19-7-11-22(40)12-8-19/h1-12,16,24,26-28,34,38-40H,13-15,17,33H2,(H,35,41)(H,36,43)(H,37,42)(H,44,45). The molecule has 4 aromatic rings. The third-order valence-corrected chi connectivity index (χ3v) is 7.27. The summed E-state index contributed by atoms with van der Waals surface area (Å²) in [6.45, 7) is -0.850. The zero-order valence-corrected chi connectivity index (χ0v) is 24.1. The van der Waals surface area contributed by atoms with Crippen LogP contribution in [0.2, 0.25) is 0 Å². The summed E-state index contributed by atoms with van der Waals surface area (Å²) in [5.74, 6) is -3.68. The number of carbonyl (C=O) groups is 4. The number of amides is 3. The minimum absolute atomic E-state index is 0.00584. The first-order valence-electron chi connectivity index (χ1n) is 14.1. The number of carbonyl (C=O) groups excluding carboxylic acids is 3. The third kappa shape index (κ3) is 8.81. The van der Waals surface area contributed by atoms with E-state index in [4.69, 9.17) is 5.73 Å². The fraction of sp³-hybridized carbons (Fsp3) is 0.250. The van der Waals surface area contributed by atoms with Gasteiger partial charge in [0.15, 0.2) is 0 Å². The molecule has 1 heterocycles. The van der Waals surface area contributed by atoms with Crippen molar-refractivity contribution in [1.29, 1.82) is 0 Å². The van der Waals surface area contributed by atoms with Gasteiger partial charge in [-0.15, -0.1) is 0 Å². The number of phenols is 2. The van der Waals surface area contributed by atoms with Gasteiger partial charge in [0.05, 0.1) is 12.6 Å². The number of nitrogens with two attached hydrogens (primary N) is 1. The van der Waals surface area contributed by atoms with Gasteiger partial charge in [-0.1, -0.05) is 42.5 Å². The largest absolute Gasteiger partial charge is 0.508 e. The van der Waals surface area contributed by atoms with Gasteiger partial charge in [0.1, 0.15) is 29.6 Å². The van der Waals surface area contributed by atoms with Crippen LogP contribution in [-0.4, -0.2) is 79.9 Å². The summed E-state index contributed by atoms with van der Waals surface area (Å²) < 4.78 is 0. The Bertz CT molecular complexity index is 1640. The smallest absolute Gasteiger partial charge is 0.326 e. The molecular weight excluding hydrogens is 582 g/mol. The van der Waals surface area contributed by atoms with Crippen LogP contribution in [0.25, 0.3) is 10.9 Å². The van der Waals surface area contributed by atoms with Gasteiger partial charge in [-0.2, -0.15) is 0 Å². The average Bonchev–Trinajstić information content (AvgIpc) is 3.43. The lowest BCUT2D eigenvalue weighted by atomic mass is 10.0. The number of fused-ring (bicyclic) bond motifs is 1. The van der Waals surface area contributed by atoms with E-state index in [1.54, 1.807) is 18.3 Å². The van der Waals surface area contributed by atoms with Crippen molar-refractivity contribution in [3.63, 3.8) is 0 Å². The first kappa shape index (κ1) is 32.5. The van der Waals surface area contributed by atoms with Crippen LogP contribution in [0.4, 0.5) is 0 Å². The van der Waals surface area contributed by atoms with Crippen LogP contribution in [0.5, 0.6) is 11.5 Å². The zero-order chi connectivity index (χ0) is 32.5. The summed E-state index contributed by atoms with van der Waals surface area (Å²) in [6.07, 6.45) is 1.70. The summed E-state index contributed by atoms with van der Waals surface area (Å²) in [4.78, 5) is 54.7. The van der Waals surface area contributed by atoms with Crippen molar-refractivity contribution < 1.29 is 39.6 Å². The lowest BCUT2D eigenvalue weighted by Gasteiger charge is -2.24. The van der Waals surface area contributed by atoms with E-state index in [9.17, 15) is 39.6 Å². The van der Waals surface area contributed by atoms with Crippen LogP contribution in [-0.2, 0) is 38.4 Å². The van der Waals surface area contributed by atoms with Crippen LogP contribution >= 0.6 is 0 Å². The molecule has 0 fully saturated rings. The van der Waals surface area contributed by atoms with Crippen LogP contribution < -0.4 is 21.7 Å². The molecule has 0 radical (unpaired) electrons. The van der Waals surface area contributed by atoms with Crippen molar-refractivity contribution in [3.8, 4) is 11.5 Å². The minimum atomic E-state index is -1.53. The summed E-state index contributed by atoms with van der Waals surface area (Å²) in [6, 6.07) is 14.1. The molecule has 45 heavy (non-hydrogen) atoms. The normalized spacial score (nSPS) is 13.7. The number of aromatic hydroxyl groups is 2. The summed E-state index contributed by atoms with van der Waals surface area (Å²) in [5, 5.41) is 46.9. The van der Waals surface area contributed by atoms with Gasteiger partial charge in [0.2, 0.25) is 17.7 Å². The summed E-state index contributed by atoms with van der Waals surface area (Å²) in [5.41, 5.74) is 8.86. The van der Waals surface area contributed by atoms with Crippen molar-refractivity contribution in [2.75, 3.05) is 6.61 Å². The van der Waals surface area contributed by atoms with E-state index in [0.717, 1.165) is 10.9 Å².